The summed E-state index contributed by atoms with van der Waals surface area (Å²) in [6.07, 6.45) is 2.22. The summed E-state index contributed by atoms with van der Waals surface area (Å²) in [6, 6.07) is 6.11. The first-order chi connectivity index (χ1) is 8.04. The Hall–Kier alpha value is -1.07. The summed E-state index contributed by atoms with van der Waals surface area (Å²) < 4.78 is 27.3. The molecule has 2 rings (SSSR count). The van der Waals surface area contributed by atoms with Gasteiger partial charge in [0.25, 0.3) is 0 Å². The van der Waals surface area contributed by atoms with Gasteiger partial charge in [0.05, 0.1) is 12.4 Å². The van der Waals surface area contributed by atoms with Crippen molar-refractivity contribution in [2.24, 2.45) is 0 Å². The molecule has 0 spiro atoms. The number of sulfone groups is 1. The minimum absolute atomic E-state index is 0.182. The van der Waals surface area contributed by atoms with Crippen molar-refractivity contribution in [2.75, 3.05) is 25.2 Å². The number of ether oxygens (including phenoxy) is 1. The summed E-state index contributed by atoms with van der Waals surface area (Å²) >= 11 is 0. The van der Waals surface area contributed by atoms with E-state index >= 15 is 0 Å². The Bertz CT molecular complexity index is 496. The normalized spacial score (nSPS) is 14.4. The van der Waals surface area contributed by atoms with Crippen molar-refractivity contribution in [3.63, 3.8) is 0 Å². The van der Waals surface area contributed by atoms with Crippen LogP contribution in [0.1, 0.15) is 11.1 Å². The SMILES string of the molecule is CS(=O)(=O)CCNCc1ccc2c(c1)CCO2. The third-order valence-corrected chi connectivity index (χ3v) is 3.68. The van der Waals surface area contributed by atoms with E-state index in [1.807, 2.05) is 12.1 Å². The molecule has 1 aliphatic rings. The molecule has 1 heterocycles. The van der Waals surface area contributed by atoms with Gasteiger partial charge in [0.1, 0.15) is 15.6 Å². The highest BCUT2D eigenvalue weighted by molar-refractivity contribution is 7.90. The minimum atomic E-state index is -2.87. The molecule has 1 N–H and O–H groups in total. The van der Waals surface area contributed by atoms with E-state index in [9.17, 15) is 8.42 Å². The van der Waals surface area contributed by atoms with Crippen LogP contribution in [0.2, 0.25) is 0 Å². The van der Waals surface area contributed by atoms with Gasteiger partial charge in [-0.05, 0) is 17.2 Å². The predicted molar refractivity (Wildman–Crippen MR) is 67.1 cm³/mol. The Morgan fingerprint density at radius 2 is 2.24 bits per heavy atom. The van der Waals surface area contributed by atoms with E-state index in [0.29, 0.717) is 13.1 Å². The third-order valence-electron chi connectivity index (χ3n) is 2.73. The van der Waals surface area contributed by atoms with E-state index < -0.39 is 9.84 Å². The Morgan fingerprint density at radius 3 is 3.00 bits per heavy atom. The molecule has 0 bridgehead atoms. The number of rotatable bonds is 5. The van der Waals surface area contributed by atoms with Crippen molar-refractivity contribution >= 4 is 9.84 Å². The molecule has 0 aromatic heterocycles. The zero-order valence-corrected chi connectivity index (χ0v) is 10.7. The Labute approximate surface area is 102 Å². The molecular weight excluding hydrogens is 238 g/mol. The number of fused-ring (bicyclic) bond motifs is 1. The molecule has 1 aromatic rings. The van der Waals surface area contributed by atoms with Crippen LogP contribution in [-0.2, 0) is 22.8 Å². The van der Waals surface area contributed by atoms with Crippen LogP contribution in [-0.4, -0.2) is 33.6 Å². The van der Waals surface area contributed by atoms with Crippen molar-refractivity contribution in [1.29, 1.82) is 0 Å². The molecule has 5 heteroatoms. The first-order valence-electron chi connectivity index (χ1n) is 5.68. The average molecular weight is 255 g/mol. The largest absolute Gasteiger partial charge is 0.493 e. The van der Waals surface area contributed by atoms with Crippen LogP contribution >= 0.6 is 0 Å². The molecule has 0 saturated heterocycles. The lowest BCUT2D eigenvalue weighted by atomic mass is 10.1. The highest BCUT2D eigenvalue weighted by Crippen LogP contribution is 2.25. The van der Waals surface area contributed by atoms with E-state index in [1.54, 1.807) is 0 Å². The van der Waals surface area contributed by atoms with Gasteiger partial charge in [-0.25, -0.2) is 8.42 Å². The number of hydrogen-bond acceptors (Lipinski definition) is 4. The maximum Gasteiger partial charge on any atom is 0.148 e. The van der Waals surface area contributed by atoms with Gasteiger partial charge in [-0.15, -0.1) is 0 Å². The van der Waals surface area contributed by atoms with E-state index in [4.69, 9.17) is 4.74 Å². The molecule has 0 unspecified atom stereocenters. The lowest BCUT2D eigenvalue weighted by Crippen LogP contribution is -2.21. The van der Waals surface area contributed by atoms with Crippen molar-refractivity contribution in [2.45, 2.75) is 13.0 Å². The third kappa shape index (κ3) is 3.71. The highest BCUT2D eigenvalue weighted by Gasteiger charge is 2.11. The lowest BCUT2D eigenvalue weighted by molar-refractivity contribution is 0.357. The van der Waals surface area contributed by atoms with Gasteiger partial charge in [0.15, 0.2) is 0 Å². The first kappa shape index (κ1) is 12.4. The second kappa shape index (κ2) is 5.06. The zero-order valence-electron chi connectivity index (χ0n) is 9.90. The van der Waals surface area contributed by atoms with Crippen LogP contribution in [0, 0.1) is 0 Å². The number of benzene rings is 1. The molecule has 0 amide bonds. The standard InChI is InChI=1S/C12H17NO3S/c1-17(14,15)7-5-13-9-10-2-3-12-11(8-10)4-6-16-12/h2-3,8,13H,4-7,9H2,1H3. The van der Waals surface area contributed by atoms with Gasteiger partial charge in [0.2, 0.25) is 0 Å². The fraction of sp³-hybridized carbons (Fsp3) is 0.500. The fourth-order valence-corrected chi connectivity index (χ4v) is 2.36. The van der Waals surface area contributed by atoms with Gasteiger partial charge in [-0.3, -0.25) is 0 Å². The molecule has 94 valence electrons. The van der Waals surface area contributed by atoms with Crippen molar-refractivity contribution in [3.8, 4) is 5.75 Å². The molecule has 1 aliphatic heterocycles. The highest BCUT2D eigenvalue weighted by atomic mass is 32.2. The molecule has 0 fully saturated rings. The molecule has 0 radical (unpaired) electrons. The molecular formula is C12H17NO3S. The van der Waals surface area contributed by atoms with Crippen molar-refractivity contribution in [3.05, 3.63) is 29.3 Å². The smallest absolute Gasteiger partial charge is 0.148 e. The Morgan fingerprint density at radius 1 is 1.41 bits per heavy atom. The molecule has 0 atom stereocenters. The molecule has 0 saturated carbocycles. The maximum atomic E-state index is 10.9. The number of nitrogens with one attached hydrogen (secondary N) is 1. The summed E-state index contributed by atoms with van der Waals surface area (Å²) in [5, 5.41) is 3.13. The average Bonchev–Trinajstić information content (AvgIpc) is 2.70. The second-order valence-electron chi connectivity index (χ2n) is 4.35. The van der Waals surface area contributed by atoms with Gasteiger partial charge in [-0.2, -0.15) is 0 Å². The maximum absolute atomic E-state index is 10.9. The summed E-state index contributed by atoms with van der Waals surface area (Å²) in [6.45, 7) is 1.95. The number of hydrogen-bond donors (Lipinski definition) is 1. The van der Waals surface area contributed by atoms with Crippen LogP contribution in [0.25, 0.3) is 0 Å². The Kier molecular flexibility index (Phi) is 3.69. The fourth-order valence-electron chi connectivity index (χ4n) is 1.84. The van der Waals surface area contributed by atoms with E-state index in [-0.39, 0.29) is 5.75 Å². The molecule has 4 nitrogen and oxygen atoms in total. The quantitative estimate of drug-likeness (QED) is 0.789. The minimum Gasteiger partial charge on any atom is -0.493 e. The Balaban J connectivity index is 1.84. The summed E-state index contributed by atoms with van der Waals surface area (Å²) in [7, 11) is -2.87. The van der Waals surface area contributed by atoms with Crippen molar-refractivity contribution < 1.29 is 13.2 Å². The van der Waals surface area contributed by atoms with Crippen LogP contribution in [0.3, 0.4) is 0 Å². The molecule has 1 aromatic carbocycles. The summed E-state index contributed by atoms with van der Waals surface area (Å²) in [5.41, 5.74) is 2.41. The first-order valence-corrected chi connectivity index (χ1v) is 7.74. The van der Waals surface area contributed by atoms with Gasteiger partial charge >= 0.3 is 0 Å². The van der Waals surface area contributed by atoms with Crippen molar-refractivity contribution in [1.82, 2.24) is 5.32 Å². The van der Waals surface area contributed by atoms with Gasteiger partial charge < -0.3 is 10.1 Å². The predicted octanol–water partition coefficient (Wildman–Crippen LogP) is 0.756. The summed E-state index contributed by atoms with van der Waals surface area (Å²) in [5.74, 6) is 1.16. The van der Waals surface area contributed by atoms with Crippen LogP contribution in [0.4, 0.5) is 0 Å². The van der Waals surface area contributed by atoms with Crippen LogP contribution < -0.4 is 10.1 Å². The van der Waals surface area contributed by atoms with Crippen LogP contribution in [0.15, 0.2) is 18.2 Å². The van der Waals surface area contributed by atoms with Gasteiger partial charge in [0, 0.05) is 25.8 Å². The second-order valence-corrected chi connectivity index (χ2v) is 6.61. The molecule has 17 heavy (non-hydrogen) atoms. The topological polar surface area (TPSA) is 55.4 Å². The lowest BCUT2D eigenvalue weighted by Gasteiger charge is -2.06. The van der Waals surface area contributed by atoms with Gasteiger partial charge in [-0.1, -0.05) is 12.1 Å². The zero-order chi connectivity index (χ0) is 12.3. The van der Waals surface area contributed by atoms with E-state index in [2.05, 4.69) is 11.4 Å². The summed E-state index contributed by atoms with van der Waals surface area (Å²) in [4.78, 5) is 0. The van der Waals surface area contributed by atoms with Crippen LogP contribution in [0.5, 0.6) is 5.75 Å². The monoisotopic (exact) mass is 255 g/mol. The molecule has 0 aliphatic carbocycles. The van der Waals surface area contributed by atoms with E-state index in [1.165, 1.54) is 17.4 Å². The van der Waals surface area contributed by atoms with E-state index in [0.717, 1.165) is 18.8 Å².